The smallest absolute Gasteiger partial charge is 0.255 e. The third-order valence-corrected chi connectivity index (χ3v) is 6.12. The second-order valence-corrected chi connectivity index (χ2v) is 7.98. The molecule has 1 saturated carbocycles. The topological polar surface area (TPSA) is 24.9 Å². The van der Waals surface area contributed by atoms with Crippen molar-refractivity contribution in [2.45, 2.75) is 51.0 Å². The van der Waals surface area contributed by atoms with Crippen molar-refractivity contribution in [3.8, 4) is 11.5 Å². The van der Waals surface area contributed by atoms with Gasteiger partial charge in [-0.1, -0.05) is 6.08 Å². The molecule has 0 N–H and O–H groups in total. The van der Waals surface area contributed by atoms with E-state index in [-0.39, 0.29) is 12.6 Å². The van der Waals surface area contributed by atoms with E-state index >= 15 is 0 Å². The zero-order chi connectivity index (χ0) is 19.5. The highest BCUT2D eigenvalue weighted by Crippen LogP contribution is 2.44. The SMILES string of the molecule is COc1cc2c(cc1OCCCN1CCCC1)N(CC(F)F)C1CCCC1=C2. The van der Waals surface area contributed by atoms with E-state index in [0.29, 0.717) is 18.1 Å². The Morgan fingerprint density at radius 2 is 1.96 bits per heavy atom. The van der Waals surface area contributed by atoms with Crippen molar-refractivity contribution in [3.63, 3.8) is 0 Å². The van der Waals surface area contributed by atoms with Crippen LogP contribution in [-0.2, 0) is 0 Å². The lowest BCUT2D eigenvalue weighted by Gasteiger charge is -2.37. The number of hydrogen-bond acceptors (Lipinski definition) is 4. The van der Waals surface area contributed by atoms with E-state index in [4.69, 9.17) is 9.47 Å². The highest BCUT2D eigenvalue weighted by Gasteiger charge is 2.34. The van der Waals surface area contributed by atoms with Crippen LogP contribution in [0, 0.1) is 0 Å². The molecule has 2 aliphatic heterocycles. The van der Waals surface area contributed by atoms with Crippen LogP contribution in [0.15, 0.2) is 17.7 Å². The Hall–Kier alpha value is -1.82. The lowest BCUT2D eigenvalue weighted by Crippen LogP contribution is -2.40. The Balaban J connectivity index is 1.51. The van der Waals surface area contributed by atoms with Gasteiger partial charge in [-0.2, -0.15) is 0 Å². The van der Waals surface area contributed by atoms with Crippen LogP contribution in [0.25, 0.3) is 6.08 Å². The minimum atomic E-state index is -2.36. The number of fused-ring (bicyclic) bond motifs is 2. The lowest BCUT2D eigenvalue weighted by molar-refractivity contribution is 0.153. The van der Waals surface area contributed by atoms with Gasteiger partial charge in [0.15, 0.2) is 11.5 Å². The van der Waals surface area contributed by atoms with Crippen LogP contribution in [0.3, 0.4) is 0 Å². The van der Waals surface area contributed by atoms with Gasteiger partial charge in [0.1, 0.15) is 0 Å². The van der Waals surface area contributed by atoms with Crippen LogP contribution in [0.5, 0.6) is 11.5 Å². The number of halogens is 2. The molecule has 1 aromatic rings. The normalized spacial score (nSPS) is 21.6. The number of anilines is 1. The number of likely N-dealkylation sites (tertiary alicyclic amines) is 1. The maximum atomic E-state index is 13.3. The second kappa shape index (κ2) is 8.68. The first-order valence-corrected chi connectivity index (χ1v) is 10.5. The summed E-state index contributed by atoms with van der Waals surface area (Å²) in [4.78, 5) is 4.34. The number of benzene rings is 1. The van der Waals surface area contributed by atoms with Gasteiger partial charge < -0.3 is 19.3 Å². The highest BCUT2D eigenvalue weighted by atomic mass is 19.3. The van der Waals surface area contributed by atoms with E-state index in [2.05, 4.69) is 11.0 Å². The molecule has 1 aromatic carbocycles. The summed E-state index contributed by atoms with van der Waals surface area (Å²) in [6.45, 7) is 3.77. The van der Waals surface area contributed by atoms with Crippen LogP contribution >= 0.6 is 0 Å². The van der Waals surface area contributed by atoms with Gasteiger partial charge in [0.25, 0.3) is 6.43 Å². The molecule has 0 spiro atoms. The largest absolute Gasteiger partial charge is 0.493 e. The van der Waals surface area contributed by atoms with Gasteiger partial charge in [-0.25, -0.2) is 8.78 Å². The van der Waals surface area contributed by atoms with E-state index in [9.17, 15) is 8.78 Å². The number of methoxy groups -OCH3 is 1. The molecule has 2 fully saturated rings. The Labute approximate surface area is 166 Å². The van der Waals surface area contributed by atoms with Gasteiger partial charge in [-0.05, 0) is 63.3 Å². The number of rotatable bonds is 8. The van der Waals surface area contributed by atoms with Crippen LogP contribution < -0.4 is 14.4 Å². The molecule has 1 aliphatic carbocycles. The van der Waals surface area contributed by atoms with Gasteiger partial charge in [0.05, 0.1) is 26.3 Å². The van der Waals surface area contributed by atoms with Crippen LogP contribution in [-0.4, -0.2) is 57.3 Å². The standard InChI is InChI=1S/C22H30F2N2O2/c1-27-20-13-17-12-16-6-4-7-18(16)26(15-22(23)24)19(17)14-21(20)28-11-5-10-25-8-2-3-9-25/h12-14,18,22H,2-11,15H2,1H3. The maximum absolute atomic E-state index is 13.3. The molecule has 4 nitrogen and oxygen atoms in total. The molecular weight excluding hydrogens is 362 g/mol. The lowest BCUT2D eigenvalue weighted by atomic mass is 9.97. The average Bonchev–Trinajstić information content (AvgIpc) is 3.36. The summed E-state index contributed by atoms with van der Waals surface area (Å²) < 4.78 is 38.2. The van der Waals surface area contributed by atoms with Crippen molar-refractivity contribution in [3.05, 3.63) is 23.3 Å². The van der Waals surface area contributed by atoms with Gasteiger partial charge in [0, 0.05) is 23.9 Å². The second-order valence-electron chi connectivity index (χ2n) is 7.98. The number of ether oxygens (including phenoxy) is 2. The summed E-state index contributed by atoms with van der Waals surface area (Å²) in [6.07, 6.45) is 6.31. The van der Waals surface area contributed by atoms with Crippen LogP contribution in [0.1, 0.15) is 44.1 Å². The molecule has 154 valence electrons. The minimum Gasteiger partial charge on any atom is -0.493 e. The molecule has 3 aliphatic rings. The van der Waals surface area contributed by atoms with E-state index in [1.807, 2.05) is 17.0 Å². The fourth-order valence-corrected chi connectivity index (χ4v) is 4.80. The molecule has 0 radical (unpaired) electrons. The fraction of sp³-hybridized carbons (Fsp3) is 0.636. The van der Waals surface area contributed by atoms with Crippen LogP contribution in [0.4, 0.5) is 14.5 Å². The Kier molecular flexibility index (Phi) is 6.04. The monoisotopic (exact) mass is 392 g/mol. The van der Waals surface area contributed by atoms with Gasteiger partial charge >= 0.3 is 0 Å². The summed E-state index contributed by atoms with van der Waals surface area (Å²) in [7, 11) is 1.63. The summed E-state index contributed by atoms with van der Waals surface area (Å²) in [5.41, 5.74) is 3.05. The Bertz CT molecular complexity index is 717. The molecule has 4 rings (SSSR count). The van der Waals surface area contributed by atoms with E-state index < -0.39 is 6.43 Å². The fourth-order valence-electron chi connectivity index (χ4n) is 4.80. The summed E-state index contributed by atoms with van der Waals surface area (Å²) >= 11 is 0. The minimum absolute atomic E-state index is 0.0953. The van der Waals surface area contributed by atoms with E-state index in [0.717, 1.165) is 43.5 Å². The maximum Gasteiger partial charge on any atom is 0.255 e. The van der Waals surface area contributed by atoms with Gasteiger partial charge in [-0.15, -0.1) is 0 Å². The highest BCUT2D eigenvalue weighted by molar-refractivity contribution is 5.78. The van der Waals surface area contributed by atoms with E-state index in [1.165, 1.54) is 31.5 Å². The van der Waals surface area contributed by atoms with Crippen LogP contribution in [0.2, 0.25) is 0 Å². The molecule has 6 heteroatoms. The number of nitrogens with zero attached hydrogens (tertiary/aromatic N) is 2. The van der Waals surface area contributed by atoms with Gasteiger partial charge in [-0.3, -0.25) is 0 Å². The molecule has 1 atom stereocenters. The predicted molar refractivity (Wildman–Crippen MR) is 108 cm³/mol. The van der Waals surface area contributed by atoms with Crippen molar-refractivity contribution in [1.82, 2.24) is 4.90 Å². The zero-order valence-electron chi connectivity index (χ0n) is 16.6. The van der Waals surface area contributed by atoms with Crippen molar-refractivity contribution in [1.29, 1.82) is 0 Å². The zero-order valence-corrected chi connectivity index (χ0v) is 16.6. The Morgan fingerprint density at radius 1 is 1.14 bits per heavy atom. The molecule has 1 unspecified atom stereocenters. The third-order valence-electron chi connectivity index (χ3n) is 6.12. The average molecular weight is 392 g/mol. The molecule has 2 heterocycles. The molecule has 0 aromatic heterocycles. The van der Waals surface area contributed by atoms with Gasteiger partial charge in [0.2, 0.25) is 0 Å². The molecule has 0 amide bonds. The summed E-state index contributed by atoms with van der Waals surface area (Å²) in [6, 6.07) is 3.93. The van der Waals surface area contributed by atoms with Crippen molar-refractivity contribution in [2.75, 3.05) is 44.8 Å². The molecular formula is C22H30F2N2O2. The summed E-state index contributed by atoms with van der Waals surface area (Å²) in [5.74, 6) is 1.32. The molecule has 1 saturated heterocycles. The Morgan fingerprint density at radius 3 is 2.71 bits per heavy atom. The third kappa shape index (κ3) is 4.12. The first kappa shape index (κ1) is 19.5. The number of alkyl halides is 2. The predicted octanol–water partition coefficient (Wildman–Crippen LogP) is 4.58. The number of hydrogen-bond donors (Lipinski definition) is 0. The first-order chi connectivity index (χ1) is 13.7. The molecule has 28 heavy (non-hydrogen) atoms. The van der Waals surface area contributed by atoms with E-state index in [1.54, 1.807) is 7.11 Å². The summed E-state index contributed by atoms with van der Waals surface area (Å²) in [5, 5.41) is 0. The van der Waals surface area contributed by atoms with Crippen molar-refractivity contribution >= 4 is 11.8 Å². The van der Waals surface area contributed by atoms with Crippen molar-refractivity contribution in [2.24, 2.45) is 0 Å². The first-order valence-electron chi connectivity index (χ1n) is 10.5. The van der Waals surface area contributed by atoms with Crippen molar-refractivity contribution < 1.29 is 18.3 Å². The molecule has 0 bridgehead atoms. The quantitative estimate of drug-likeness (QED) is 0.605.